The molecule has 3 heteroatoms. The van der Waals surface area contributed by atoms with Gasteiger partial charge < -0.3 is 5.32 Å². The lowest BCUT2D eigenvalue weighted by Crippen LogP contribution is -2.27. The van der Waals surface area contributed by atoms with Crippen molar-refractivity contribution in [3.63, 3.8) is 0 Å². The number of nitrogens with one attached hydrogen (secondary N) is 1. The maximum Gasteiger partial charge on any atom is 0.129 e. The first kappa shape index (κ1) is 9.94. The number of piperidine rings is 1. The summed E-state index contributed by atoms with van der Waals surface area (Å²) < 4.78 is 0. The summed E-state index contributed by atoms with van der Waals surface area (Å²) in [5, 5.41) is 4.10. The first-order chi connectivity index (χ1) is 6.77. The van der Waals surface area contributed by atoms with Gasteiger partial charge in [-0.15, -0.1) is 0 Å². The van der Waals surface area contributed by atoms with Crippen molar-refractivity contribution >= 4 is 11.6 Å². The topological polar surface area (TPSA) is 24.9 Å². The molecule has 1 atom stereocenters. The summed E-state index contributed by atoms with van der Waals surface area (Å²) in [6.07, 6.45) is 5.71. The minimum atomic E-state index is 0.480. The second-order valence-electron chi connectivity index (χ2n) is 3.87. The fourth-order valence-corrected chi connectivity index (χ4v) is 2.23. The number of pyridine rings is 1. The fraction of sp³-hybridized carbons (Fsp3) is 0.545. The molecule has 0 aromatic carbocycles. The highest BCUT2D eigenvalue weighted by Crippen LogP contribution is 2.25. The monoisotopic (exact) mass is 210 g/mol. The van der Waals surface area contributed by atoms with Crippen LogP contribution >= 0.6 is 11.6 Å². The fourth-order valence-electron chi connectivity index (χ4n) is 2.01. The van der Waals surface area contributed by atoms with E-state index >= 15 is 0 Å². The smallest absolute Gasteiger partial charge is 0.129 e. The summed E-state index contributed by atoms with van der Waals surface area (Å²) in [5.41, 5.74) is 2.54. The molecule has 2 rings (SSSR count). The zero-order valence-electron chi connectivity index (χ0n) is 8.39. The predicted molar refractivity (Wildman–Crippen MR) is 58.6 cm³/mol. The third-order valence-corrected chi connectivity index (χ3v) is 3.01. The van der Waals surface area contributed by atoms with Crippen LogP contribution in [0, 0.1) is 6.92 Å². The van der Waals surface area contributed by atoms with Gasteiger partial charge in [0.1, 0.15) is 5.15 Å². The highest BCUT2D eigenvalue weighted by molar-refractivity contribution is 6.29. The number of nitrogens with zero attached hydrogens (tertiary/aromatic N) is 1. The molecular weight excluding hydrogens is 196 g/mol. The lowest BCUT2D eigenvalue weighted by Gasteiger charge is -2.24. The molecule has 1 aliphatic heterocycles. The highest BCUT2D eigenvalue weighted by Gasteiger charge is 2.16. The zero-order valence-corrected chi connectivity index (χ0v) is 9.14. The van der Waals surface area contributed by atoms with Gasteiger partial charge in [0.2, 0.25) is 0 Å². The normalized spacial score (nSPS) is 22.3. The number of hydrogen-bond acceptors (Lipinski definition) is 2. The molecule has 1 N–H and O–H groups in total. The second-order valence-corrected chi connectivity index (χ2v) is 4.25. The lowest BCUT2D eigenvalue weighted by molar-refractivity contribution is 0.410. The maximum absolute atomic E-state index is 5.82. The molecular formula is C11H15ClN2. The summed E-state index contributed by atoms with van der Waals surface area (Å²) in [5.74, 6) is 0. The Hall–Kier alpha value is -0.600. The number of rotatable bonds is 1. The standard InChI is InChI=1S/C11H15ClN2/c1-8-6-11(12)14-7-9(8)10-4-2-3-5-13-10/h6-7,10,13H,2-5H2,1H3. The van der Waals surface area contributed by atoms with E-state index in [1.165, 1.54) is 30.4 Å². The zero-order chi connectivity index (χ0) is 9.97. The van der Waals surface area contributed by atoms with Crippen molar-refractivity contribution in [2.45, 2.75) is 32.2 Å². The molecule has 1 aliphatic rings. The van der Waals surface area contributed by atoms with Crippen LogP contribution in [0.25, 0.3) is 0 Å². The molecule has 2 nitrogen and oxygen atoms in total. The Morgan fingerprint density at radius 3 is 3.00 bits per heavy atom. The van der Waals surface area contributed by atoms with E-state index in [1.807, 2.05) is 12.3 Å². The van der Waals surface area contributed by atoms with Crippen LogP contribution in [0.5, 0.6) is 0 Å². The molecule has 1 aromatic rings. The highest BCUT2D eigenvalue weighted by atomic mass is 35.5. The molecule has 2 heterocycles. The first-order valence-electron chi connectivity index (χ1n) is 5.13. The van der Waals surface area contributed by atoms with Gasteiger partial charge in [0.25, 0.3) is 0 Å². The molecule has 1 unspecified atom stereocenters. The molecule has 0 amide bonds. The van der Waals surface area contributed by atoms with Crippen LogP contribution in [0.3, 0.4) is 0 Å². The SMILES string of the molecule is Cc1cc(Cl)ncc1C1CCCCN1. The molecule has 14 heavy (non-hydrogen) atoms. The Labute approximate surface area is 89.7 Å². The van der Waals surface area contributed by atoms with Crippen LogP contribution < -0.4 is 5.32 Å². The van der Waals surface area contributed by atoms with Gasteiger partial charge in [-0.25, -0.2) is 4.98 Å². The summed E-state index contributed by atoms with van der Waals surface area (Å²) in [6, 6.07) is 2.42. The van der Waals surface area contributed by atoms with Crippen LogP contribution in [0.4, 0.5) is 0 Å². The van der Waals surface area contributed by atoms with Crippen LogP contribution in [0.2, 0.25) is 5.15 Å². The van der Waals surface area contributed by atoms with Crippen molar-refractivity contribution in [2.24, 2.45) is 0 Å². The average Bonchev–Trinajstić information content (AvgIpc) is 2.19. The van der Waals surface area contributed by atoms with E-state index in [1.54, 1.807) is 0 Å². The van der Waals surface area contributed by atoms with Gasteiger partial charge in [-0.2, -0.15) is 0 Å². The number of aromatic nitrogens is 1. The minimum absolute atomic E-state index is 0.480. The van der Waals surface area contributed by atoms with Crippen molar-refractivity contribution in [3.8, 4) is 0 Å². The van der Waals surface area contributed by atoms with Crippen molar-refractivity contribution in [1.29, 1.82) is 0 Å². The first-order valence-corrected chi connectivity index (χ1v) is 5.50. The Kier molecular flexibility index (Phi) is 3.04. The van der Waals surface area contributed by atoms with Crippen molar-refractivity contribution in [3.05, 3.63) is 28.5 Å². The van der Waals surface area contributed by atoms with Crippen LogP contribution in [-0.2, 0) is 0 Å². The van der Waals surface area contributed by atoms with Crippen molar-refractivity contribution in [2.75, 3.05) is 6.54 Å². The van der Waals surface area contributed by atoms with Gasteiger partial charge in [0.05, 0.1) is 0 Å². The average molecular weight is 211 g/mol. The Morgan fingerprint density at radius 2 is 2.36 bits per heavy atom. The Morgan fingerprint density at radius 1 is 1.50 bits per heavy atom. The third-order valence-electron chi connectivity index (χ3n) is 2.80. The summed E-state index contributed by atoms with van der Waals surface area (Å²) >= 11 is 5.82. The van der Waals surface area contributed by atoms with Gasteiger partial charge in [-0.05, 0) is 43.5 Å². The minimum Gasteiger partial charge on any atom is -0.310 e. The Bertz CT molecular complexity index is 319. The van der Waals surface area contributed by atoms with E-state index < -0.39 is 0 Å². The molecule has 0 saturated carbocycles. The van der Waals surface area contributed by atoms with Crippen molar-refractivity contribution < 1.29 is 0 Å². The molecule has 0 spiro atoms. The van der Waals surface area contributed by atoms with Crippen LogP contribution in [0.15, 0.2) is 12.3 Å². The summed E-state index contributed by atoms with van der Waals surface area (Å²) in [4.78, 5) is 4.14. The lowest BCUT2D eigenvalue weighted by atomic mass is 9.96. The summed E-state index contributed by atoms with van der Waals surface area (Å²) in [7, 11) is 0. The van der Waals surface area contributed by atoms with Gasteiger partial charge in [0, 0.05) is 12.2 Å². The molecule has 1 fully saturated rings. The van der Waals surface area contributed by atoms with Gasteiger partial charge in [-0.3, -0.25) is 0 Å². The quantitative estimate of drug-likeness (QED) is 0.722. The number of aryl methyl sites for hydroxylation is 1. The van der Waals surface area contributed by atoms with Gasteiger partial charge in [0.15, 0.2) is 0 Å². The molecule has 76 valence electrons. The van der Waals surface area contributed by atoms with Crippen LogP contribution in [0.1, 0.15) is 36.4 Å². The summed E-state index contributed by atoms with van der Waals surface area (Å²) in [6.45, 7) is 3.21. The van der Waals surface area contributed by atoms with Crippen molar-refractivity contribution in [1.82, 2.24) is 10.3 Å². The maximum atomic E-state index is 5.82. The molecule has 0 aliphatic carbocycles. The van der Waals surface area contributed by atoms with Crippen LogP contribution in [-0.4, -0.2) is 11.5 Å². The molecule has 1 saturated heterocycles. The molecule has 0 bridgehead atoms. The number of hydrogen-bond donors (Lipinski definition) is 1. The Balaban J connectivity index is 2.22. The van der Waals surface area contributed by atoms with E-state index in [2.05, 4.69) is 17.2 Å². The van der Waals surface area contributed by atoms with E-state index in [0.29, 0.717) is 11.2 Å². The van der Waals surface area contributed by atoms with E-state index in [4.69, 9.17) is 11.6 Å². The molecule has 1 aromatic heterocycles. The third kappa shape index (κ3) is 2.07. The predicted octanol–water partition coefficient (Wildman–Crippen LogP) is 2.86. The van der Waals surface area contributed by atoms with Gasteiger partial charge >= 0.3 is 0 Å². The molecule has 0 radical (unpaired) electrons. The largest absolute Gasteiger partial charge is 0.310 e. The van der Waals surface area contributed by atoms with E-state index in [-0.39, 0.29) is 0 Å². The van der Waals surface area contributed by atoms with Gasteiger partial charge in [-0.1, -0.05) is 18.0 Å². The van der Waals surface area contributed by atoms with E-state index in [0.717, 1.165) is 6.54 Å². The second kappa shape index (κ2) is 4.28. The number of halogens is 1. The van der Waals surface area contributed by atoms with E-state index in [9.17, 15) is 0 Å².